The Labute approximate surface area is 175 Å². The summed E-state index contributed by atoms with van der Waals surface area (Å²) in [5.41, 5.74) is 1.80. The number of halogens is 2. The zero-order valence-electron chi connectivity index (χ0n) is 15.7. The second-order valence-corrected chi connectivity index (χ2v) is 6.91. The molecule has 2 N–H and O–H groups in total. The number of thiazole rings is 1. The molecule has 0 radical (unpaired) electrons. The zero-order chi connectivity index (χ0) is 18.4. The van der Waals surface area contributed by atoms with Gasteiger partial charge in [0.1, 0.15) is 0 Å². The maximum Gasteiger partial charge on any atom is 0.191 e. The van der Waals surface area contributed by atoms with Crippen molar-refractivity contribution in [2.75, 3.05) is 14.2 Å². The number of nitrogens with zero attached hydrogens (tertiary/aromatic N) is 2. The third-order valence-electron chi connectivity index (χ3n) is 3.75. The van der Waals surface area contributed by atoms with Crippen molar-refractivity contribution in [2.45, 2.75) is 39.3 Å². The van der Waals surface area contributed by atoms with E-state index in [1.54, 1.807) is 24.5 Å². The van der Waals surface area contributed by atoms with Crippen LogP contribution in [-0.2, 0) is 6.54 Å². The van der Waals surface area contributed by atoms with Gasteiger partial charge in [0.05, 0.1) is 30.4 Å². The summed E-state index contributed by atoms with van der Waals surface area (Å²) in [5, 5.41) is 9.68. The molecule has 1 atom stereocenters. The minimum atomic E-state index is -0.375. The van der Waals surface area contributed by atoms with E-state index in [0.717, 1.165) is 16.3 Å². The van der Waals surface area contributed by atoms with Crippen molar-refractivity contribution in [3.05, 3.63) is 45.7 Å². The Hall–Kier alpha value is -1.42. The van der Waals surface area contributed by atoms with E-state index in [2.05, 4.69) is 39.8 Å². The summed E-state index contributed by atoms with van der Waals surface area (Å²) in [6, 6.07) is 4.83. The number of methoxy groups -OCH3 is 1. The molecule has 0 bridgehead atoms. The average Bonchev–Trinajstić information content (AvgIpc) is 3.07. The zero-order valence-corrected chi connectivity index (χ0v) is 18.8. The molecule has 2 rings (SSSR count). The SMILES string of the molecule is CN=C(NCc1csc(C(C)C)n1)NC(C)c1ccc(OC)c(F)c1.I. The van der Waals surface area contributed by atoms with Crippen molar-refractivity contribution in [1.29, 1.82) is 0 Å². The van der Waals surface area contributed by atoms with Gasteiger partial charge in [-0.15, -0.1) is 35.3 Å². The number of hydrogen-bond donors (Lipinski definition) is 2. The van der Waals surface area contributed by atoms with Crippen LogP contribution in [0.1, 0.15) is 49.0 Å². The molecule has 1 unspecified atom stereocenters. The van der Waals surface area contributed by atoms with E-state index < -0.39 is 0 Å². The third-order valence-corrected chi connectivity index (χ3v) is 4.95. The average molecular weight is 492 g/mol. The Morgan fingerprint density at radius 2 is 2.08 bits per heavy atom. The van der Waals surface area contributed by atoms with Gasteiger partial charge in [0, 0.05) is 18.3 Å². The second kappa shape index (κ2) is 10.7. The molecule has 1 aromatic carbocycles. The minimum Gasteiger partial charge on any atom is -0.494 e. The first-order chi connectivity index (χ1) is 11.9. The number of hydrogen-bond acceptors (Lipinski definition) is 4. The van der Waals surface area contributed by atoms with Crippen LogP contribution in [0, 0.1) is 5.82 Å². The highest BCUT2D eigenvalue weighted by molar-refractivity contribution is 14.0. The summed E-state index contributed by atoms with van der Waals surface area (Å²) in [4.78, 5) is 8.81. The van der Waals surface area contributed by atoms with Crippen molar-refractivity contribution in [3.63, 3.8) is 0 Å². The number of guanidine groups is 1. The Balaban J connectivity index is 0.00000338. The van der Waals surface area contributed by atoms with E-state index in [1.165, 1.54) is 13.2 Å². The number of nitrogens with one attached hydrogen (secondary N) is 2. The normalized spacial score (nSPS) is 12.5. The van der Waals surface area contributed by atoms with Gasteiger partial charge in [-0.25, -0.2) is 9.37 Å². The van der Waals surface area contributed by atoms with Gasteiger partial charge in [0.2, 0.25) is 0 Å². The number of aliphatic imine (C=N–C) groups is 1. The molecule has 0 spiro atoms. The fourth-order valence-electron chi connectivity index (χ4n) is 2.28. The summed E-state index contributed by atoms with van der Waals surface area (Å²) in [7, 11) is 3.16. The predicted octanol–water partition coefficient (Wildman–Crippen LogP) is 4.46. The maximum absolute atomic E-state index is 13.9. The van der Waals surface area contributed by atoms with Crippen molar-refractivity contribution < 1.29 is 9.13 Å². The first kappa shape index (κ1) is 22.6. The van der Waals surface area contributed by atoms with Gasteiger partial charge in [-0.05, 0) is 24.6 Å². The largest absolute Gasteiger partial charge is 0.494 e. The van der Waals surface area contributed by atoms with E-state index in [-0.39, 0.29) is 41.6 Å². The molecular formula is C18H26FIN4OS. The van der Waals surface area contributed by atoms with Crippen LogP contribution in [0.4, 0.5) is 4.39 Å². The second-order valence-electron chi connectivity index (χ2n) is 6.02. The standard InChI is InChI=1S/C18H25FN4OS.HI/c1-11(2)17-23-14(10-25-17)9-21-18(20-4)22-12(3)13-6-7-16(24-5)15(19)8-13;/h6-8,10-12H,9H2,1-5H3,(H2,20,21,22);1H. The van der Waals surface area contributed by atoms with Crippen LogP contribution < -0.4 is 15.4 Å². The Bertz CT molecular complexity index is 736. The number of aromatic nitrogens is 1. The number of ether oxygens (including phenoxy) is 1. The molecule has 5 nitrogen and oxygen atoms in total. The van der Waals surface area contributed by atoms with Crippen LogP contribution in [-0.4, -0.2) is 25.1 Å². The lowest BCUT2D eigenvalue weighted by atomic mass is 10.1. The summed E-state index contributed by atoms with van der Waals surface area (Å²) >= 11 is 1.67. The van der Waals surface area contributed by atoms with E-state index in [1.807, 2.05) is 13.0 Å². The quantitative estimate of drug-likeness (QED) is 0.355. The molecule has 0 aliphatic heterocycles. The highest BCUT2D eigenvalue weighted by Crippen LogP contribution is 2.22. The molecule has 0 saturated heterocycles. The summed E-state index contributed by atoms with van der Waals surface area (Å²) < 4.78 is 18.8. The van der Waals surface area contributed by atoms with Crippen LogP contribution in [0.25, 0.3) is 0 Å². The molecule has 144 valence electrons. The number of rotatable bonds is 6. The lowest BCUT2D eigenvalue weighted by molar-refractivity contribution is 0.386. The van der Waals surface area contributed by atoms with Gasteiger partial charge in [-0.3, -0.25) is 4.99 Å². The minimum absolute atomic E-state index is 0. The van der Waals surface area contributed by atoms with Gasteiger partial charge >= 0.3 is 0 Å². The van der Waals surface area contributed by atoms with Gasteiger partial charge in [0.25, 0.3) is 0 Å². The van der Waals surface area contributed by atoms with Gasteiger partial charge in [-0.2, -0.15) is 0 Å². The molecule has 26 heavy (non-hydrogen) atoms. The smallest absolute Gasteiger partial charge is 0.191 e. The third kappa shape index (κ3) is 6.08. The van der Waals surface area contributed by atoms with E-state index in [0.29, 0.717) is 18.4 Å². The van der Waals surface area contributed by atoms with E-state index in [4.69, 9.17) is 4.74 Å². The predicted molar refractivity (Wildman–Crippen MR) is 116 cm³/mol. The van der Waals surface area contributed by atoms with Crippen molar-refractivity contribution in [2.24, 2.45) is 4.99 Å². The van der Waals surface area contributed by atoms with Gasteiger partial charge in [0.15, 0.2) is 17.5 Å². The fraction of sp³-hybridized carbons (Fsp3) is 0.444. The van der Waals surface area contributed by atoms with Crippen LogP contribution in [0.2, 0.25) is 0 Å². The van der Waals surface area contributed by atoms with E-state index >= 15 is 0 Å². The highest BCUT2D eigenvalue weighted by atomic mass is 127. The summed E-state index contributed by atoms with van der Waals surface area (Å²) in [6.45, 7) is 6.80. The van der Waals surface area contributed by atoms with Crippen molar-refractivity contribution >= 4 is 41.3 Å². The van der Waals surface area contributed by atoms with Gasteiger partial charge < -0.3 is 15.4 Å². The Kier molecular flexibility index (Phi) is 9.28. The van der Waals surface area contributed by atoms with Gasteiger partial charge in [-0.1, -0.05) is 19.9 Å². The molecular weight excluding hydrogens is 466 g/mol. The molecule has 0 aliphatic carbocycles. The number of benzene rings is 1. The highest BCUT2D eigenvalue weighted by Gasteiger charge is 2.12. The van der Waals surface area contributed by atoms with Crippen LogP contribution in [0.5, 0.6) is 5.75 Å². The van der Waals surface area contributed by atoms with Crippen molar-refractivity contribution in [1.82, 2.24) is 15.6 Å². The molecule has 2 aromatic rings. The Morgan fingerprint density at radius 1 is 1.35 bits per heavy atom. The van der Waals surface area contributed by atoms with Crippen LogP contribution in [0.3, 0.4) is 0 Å². The fourth-order valence-corrected chi connectivity index (χ4v) is 3.11. The lowest BCUT2D eigenvalue weighted by Crippen LogP contribution is -2.38. The Morgan fingerprint density at radius 3 is 2.62 bits per heavy atom. The topological polar surface area (TPSA) is 58.5 Å². The maximum atomic E-state index is 13.9. The van der Waals surface area contributed by atoms with E-state index in [9.17, 15) is 4.39 Å². The molecule has 0 fully saturated rings. The molecule has 0 amide bonds. The summed E-state index contributed by atoms with van der Waals surface area (Å²) in [5.74, 6) is 0.937. The van der Waals surface area contributed by atoms with Crippen molar-refractivity contribution in [3.8, 4) is 5.75 Å². The van der Waals surface area contributed by atoms with Crippen LogP contribution >= 0.6 is 35.3 Å². The summed E-state index contributed by atoms with van der Waals surface area (Å²) in [6.07, 6.45) is 0. The molecule has 0 aliphatic rings. The molecule has 1 heterocycles. The monoisotopic (exact) mass is 492 g/mol. The first-order valence-corrected chi connectivity index (χ1v) is 9.07. The molecule has 8 heteroatoms. The molecule has 1 aromatic heterocycles. The first-order valence-electron chi connectivity index (χ1n) is 8.19. The van der Waals surface area contributed by atoms with Crippen LogP contribution in [0.15, 0.2) is 28.6 Å². The lowest BCUT2D eigenvalue weighted by Gasteiger charge is -2.18. The molecule has 0 saturated carbocycles.